The minimum Gasteiger partial charge on any atom is -0.456 e. The van der Waals surface area contributed by atoms with Gasteiger partial charge in [-0.3, -0.25) is 9.59 Å². The smallest absolute Gasteiger partial charge is 0.307 e. The number of esters is 1. The maximum atomic E-state index is 12.8. The molecule has 2 aromatic carbocycles. The zero-order valence-corrected chi connectivity index (χ0v) is 14.8. The number of benzene rings is 2. The van der Waals surface area contributed by atoms with Crippen LogP contribution in [-0.4, -0.2) is 24.2 Å². The Balaban J connectivity index is 1.61. The lowest BCUT2D eigenvalue weighted by Gasteiger charge is -2.08. The molecule has 4 nitrogen and oxygen atoms in total. The Morgan fingerprint density at radius 2 is 1.84 bits per heavy atom. The zero-order chi connectivity index (χ0) is 18.1. The molecule has 0 heterocycles. The number of amides is 1. The van der Waals surface area contributed by atoms with Crippen molar-refractivity contribution in [2.45, 2.75) is 24.8 Å². The van der Waals surface area contributed by atoms with Crippen LogP contribution in [0.4, 0.5) is 4.39 Å². The topological polar surface area (TPSA) is 55.4 Å². The molecule has 0 aliphatic rings. The van der Waals surface area contributed by atoms with Gasteiger partial charge in [-0.05, 0) is 42.3 Å². The largest absolute Gasteiger partial charge is 0.456 e. The quantitative estimate of drug-likeness (QED) is 0.578. The highest BCUT2D eigenvalue weighted by molar-refractivity contribution is 7.99. The predicted molar refractivity (Wildman–Crippen MR) is 95.7 cm³/mol. The first-order valence-corrected chi connectivity index (χ1v) is 8.88. The summed E-state index contributed by atoms with van der Waals surface area (Å²) in [6, 6.07) is 13.8. The fourth-order valence-corrected chi connectivity index (χ4v) is 2.89. The third kappa shape index (κ3) is 6.97. The van der Waals surface area contributed by atoms with Crippen LogP contribution in [0.25, 0.3) is 0 Å². The maximum Gasteiger partial charge on any atom is 0.307 e. The van der Waals surface area contributed by atoms with Crippen molar-refractivity contribution in [2.75, 3.05) is 12.4 Å². The molecule has 0 unspecified atom stereocenters. The van der Waals surface area contributed by atoms with Gasteiger partial charge in [0.25, 0.3) is 5.91 Å². The number of nitrogens with one attached hydrogen (secondary N) is 1. The van der Waals surface area contributed by atoms with Gasteiger partial charge in [0.2, 0.25) is 0 Å². The molecule has 0 fully saturated rings. The van der Waals surface area contributed by atoms with E-state index in [4.69, 9.17) is 4.74 Å². The van der Waals surface area contributed by atoms with Crippen molar-refractivity contribution in [1.29, 1.82) is 0 Å². The third-order valence-electron chi connectivity index (χ3n) is 3.49. The van der Waals surface area contributed by atoms with Crippen LogP contribution in [0.5, 0.6) is 0 Å². The van der Waals surface area contributed by atoms with Gasteiger partial charge in [-0.15, -0.1) is 11.8 Å². The van der Waals surface area contributed by atoms with Crippen LogP contribution in [0, 0.1) is 12.7 Å². The lowest BCUT2D eigenvalue weighted by molar-refractivity contribution is -0.148. The van der Waals surface area contributed by atoms with Crippen LogP contribution in [0.3, 0.4) is 0 Å². The third-order valence-corrected chi connectivity index (χ3v) is 4.50. The summed E-state index contributed by atoms with van der Waals surface area (Å²) < 4.78 is 17.7. The fraction of sp³-hybridized carbons (Fsp3) is 0.263. The van der Waals surface area contributed by atoms with E-state index in [0.717, 1.165) is 16.0 Å². The summed E-state index contributed by atoms with van der Waals surface area (Å²) in [4.78, 5) is 24.3. The summed E-state index contributed by atoms with van der Waals surface area (Å²) in [6.45, 7) is 2.09. The number of ether oxygens (including phenoxy) is 1. The molecule has 1 amide bonds. The van der Waals surface area contributed by atoms with Gasteiger partial charge in [0.15, 0.2) is 6.61 Å². The molecule has 0 atom stereocenters. The molecule has 132 valence electrons. The van der Waals surface area contributed by atoms with Crippen LogP contribution in [0.15, 0.2) is 53.4 Å². The molecule has 0 aliphatic carbocycles. The standard InChI is InChI=1S/C19H20FNO3S/c1-14-4-2-3-5-15(14)12-21-18(22)13-24-19(23)10-11-25-17-8-6-16(20)7-9-17/h2-9H,10-13H2,1H3,(H,21,22). The minimum absolute atomic E-state index is 0.188. The van der Waals surface area contributed by atoms with Gasteiger partial charge in [0, 0.05) is 17.2 Å². The predicted octanol–water partition coefficient (Wildman–Crippen LogP) is 3.48. The monoisotopic (exact) mass is 361 g/mol. The Labute approximate surface area is 150 Å². The molecule has 25 heavy (non-hydrogen) atoms. The lowest BCUT2D eigenvalue weighted by atomic mass is 10.1. The molecule has 0 saturated carbocycles. The summed E-state index contributed by atoms with van der Waals surface area (Å²) in [5.74, 6) is -0.543. The summed E-state index contributed by atoms with van der Waals surface area (Å²) in [6.07, 6.45) is 0.188. The summed E-state index contributed by atoms with van der Waals surface area (Å²) in [5, 5.41) is 2.73. The highest BCUT2D eigenvalue weighted by atomic mass is 32.2. The van der Waals surface area contributed by atoms with Gasteiger partial charge in [-0.2, -0.15) is 0 Å². The number of aryl methyl sites for hydroxylation is 1. The average molecular weight is 361 g/mol. The Kier molecular flexibility index (Phi) is 7.47. The number of hydrogen-bond acceptors (Lipinski definition) is 4. The first kappa shape index (κ1) is 19.0. The zero-order valence-electron chi connectivity index (χ0n) is 14.0. The summed E-state index contributed by atoms with van der Waals surface area (Å²) in [5.41, 5.74) is 2.12. The molecule has 0 aromatic heterocycles. The molecule has 0 radical (unpaired) electrons. The highest BCUT2D eigenvalue weighted by Crippen LogP contribution is 2.18. The lowest BCUT2D eigenvalue weighted by Crippen LogP contribution is -2.28. The molecule has 2 rings (SSSR count). The number of rotatable bonds is 8. The number of thioether (sulfide) groups is 1. The summed E-state index contributed by atoms with van der Waals surface area (Å²) >= 11 is 1.43. The molecule has 0 bridgehead atoms. The normalized spacial score (nSPS) is 10.3. The van der Waals surface area contributed by atoms with Crippen LogP contribution in [-0.2, 0) is 20.9 Å². The molecule has 0 spiro atoms. The van der Waals surface area contributed by atoms with Crippen molar-refractivity contribution in [3.05, 3.63) is 65.5 Å². The van der Waals surface area contributed by atoms with Crippen molar-refractivity contribution in [1.82, 2.24) is 5.32 Å². The molecular formula is C19H20FNO3S. The van der Waals surface area contributed by atoms with E-state index >= 15 is 0 Å². The molecule has 6 heteroatoms. The molecule has 0 aliphatic heterocycles. The summed E-state index contributed by atoms with van der Waals surface area (Å²) in [7, 11) is 0. The van der Waals surface area contributed by atoms with E-state index < -0.39 is 5.97 Å². The average Bonchev–Trinajstić information content (AvgIpc) is 2.61. The van der Waals surface area contributed by atoms with Crippen molar-refractivity contribution in [3.8, 4) is 0 Å². The first-order valence-electron chi connectivity index (χ1n) is 7.90. The number of carbonyl (C=O) groups is 2. The van der Waals surface area contributed by atoms with Crippen molar-refractivity contribution in [2.24, 2.45) is 0 Å². The van der Waals surface area contributed by atoms with E-state index in [2.05, 4.69) is 5.32 Å². The second kappa shape index (κ2) is 9.84. The second-order valence-corrected chi connectivity index (χ2v) is 6.58. The Morgan fingerprint density at radius 1 is 1.12 bits per heavy atom. The van der Waals surface area contributed by atoms with Crippen molar-refractivity contribution in [3.63, 3.8) is 0 Å². The van der Waals surface area contributed by atoms with Gasteiger partial charge in [0.1, 0.15) is 5.82 Å². The van der Waals surface area contributed by atoms with Gasteiger partial charge in [0.05, 0.1) is 6.42 Å². The SMILES string of the molecule is Cc1ccccc1CNC(=O)COC(=O)CCSc1ccc(F)cc1. The molecule has 0 saturated heterocycles. The highest BCUT2D eigenvalue weighted by Gasteiger charge is 2.08. The van der Waals surface area contributed by atoms with E-state index in [-0.39, 0.29) is 24.8 Å². The van der Waals surface area contributed by atoms with Gasteiger partial charge < -0.3 is 10.1 Å². The molecule has 1 N–H and O–H groups in total. The van der Waals surface area contributed by atoms with Gasteiger partial charge in [-0.25, -0.2) is 4.39 Å². The van der Waals surface area contributed by atoms with Crippen LogP contribution in [0.1, 0.15) is 17.5 Å². The first-order chi connectivity index (χ1) is 12.0. The number of carbonyl (C=O) groups excluding carboxylic acids is 2. The Bertz CT molecular complexity index is 719. The van der Waals surface area contributed by atoms with E-state index in [1.165, 1.54) is 23.9 Å². The van der Waals surface area contributed by atoms with Crippen LogP contribution < -0.4 is 5.32 Å². The Morgan fingerprint density at radius 3 is 2.56 bits per heavy atom. The molecule has 2 aromatic rings. The van der Waals surface area contributed by atoms with Gasteiger partial charge >= 0.3 is 5.97 Å². The van der Waals surface area contributed by atoms with E-state index in [1.54, 1.807) is 12.1 Å². The van der Waals surface area contributed by atoms with Crippen LogP contribution in [0.2, 0.25) is 0 Å². The maximum absolute atomic E-state index is 12.8. The minimum atomic E-state index is -0.430. The fourth-order valence-electron chi connectivity index (χ4n) is 2.05. The number of hydrogen-bond donors (Lipinski definition) is 1. The molecular weight excluding hydrogens is 341 g/mol. The van der Waals surface area contributed by atoms with Crippen LogP contribution >= 0.6 is 11.8 Å². The van der Waals surface area contributed by atoms with Crippen molar-refractivity contribution < 1.29 is 18.7 Å². The van der Waals surface area contributed by atoms with Crippen molar-refractivity contribution >= 4 is 23.6 Å². The number of halogens is 1. The second-order valence-electron chi connectivity index (χ2n) is 5.42. The van der Waals surface area contributed by atoms with E-state index in [1.807, 2.05) is 31.2 Å². The van der Waals surface area contributed by atoms with Gasteiger partial charge in [-0.1, -0.05) is 24.3 Å². The Hall–Kier alpha value is -2.34. The van der Waals surface area contributed by atoms with E-state index in [9.17, 15) is 14.0 Å². The van der Waals surface area contributed by atoms with E-state index in [0.29, 0.717) is 12.3 Å².